The predicted molar refractivity (Wildman–Crippen MR) is 51.7 cm³/mol. The summed E-state index contributed by atoms with van der Waals surface area (Å²) < 4.78 is 2.81. The zero-order chi connectivity index (χ0) is 10.6. The number of rotatable bonds is 2. The lowest BCUT2D eigenvalue weighted by Gasteiger charge is -1.98. The fourth-order valence-electron chi connectivity index (χ4n) is 0.929. The molecule has 6 heteroatoms. The van der Waals surface area contributed by atoms with E-state index in [1.807, 2.05) is 0 Å². The molecule has 0 fully saturated rings. The van der Waals surface area contributed by atoms with E-state index in [0.29, 0.717) is 0 Å². The lowest BCUT2D eigenvalue weighted by molar-refractivity contribution is 0.0985. The van der Waals surface area contributed by atoms with Gasteiger partial charge in [0.25, 0.3) is 11.1 Å². The molecule has 1 aromatic rings. The van der Waals surface area contributed by atoms with Gasteiger partial charge in [0.15, 0.2) is 0 Å². The molecule has 4 nitrogen and oxygen atoms in total. The van der Waals surface area contributed by atoms with Crippen LogP contribution in [0.3, 0.4) is 0 Å². The number of halogens is 2. The van der Waals surface area contributed by atoms with Gasteiger partial charge in [-0.1, -0.05) is 21.9 Å². The van der Waals surface area contributed by atoms with Gasteiger partial charge in [0.2, 0.25) is 0 Å². The van der Waals surface area contributed by atoms with Gasteiger partial charge < -0.3 is 0 Å². The van der Waals surface area contributed by atoms with Gasteiger partial charge in [0, 0.05) is 5.56 Å². The molecule has 0 aliphatic rings. The second-order valence-electron chi connectivity index (χ2n) is 2.30. The van der Waals surface area contributed by atoms with Crippen molar-refractivity contribution in [2.45, 2.75) is 0 Å². The predicted octanol–water partition coefficient (Wildman–Crippen LogP) is 2.81. The third-order valence-corrected chi connectivity index (χ3v) is 1.78. The Labute approximate surface area is 89.6 Å². The van der Waals surface area contributed by atoms with Gasteiger partial charge in [0.1, 0.15) is 0 Å². The van der Waals surface area contributed by atoms with Crippen molar-refractivity contribution in [1.82, 2.24) is 0 Å². The van der Waals surface area contributed by atoms with Gasteiger partial charge in [-0.15, -0.1) is 0 Å². The van der Waals surface area contributed by atoms with Crippen molar-refractivity contribution in [3.63, 3.8) is 0 Å². The molecule has 14 heavy (non-hydrogen) atoms. The highest BCUT2D eigenvalue weighted by Crippen LogP contribution is 2.13. The van der Waals surface area contributed by atoms with Gasteiger partial charge in [0.05, 0.1) is 17.3 Å². The average molecular weight is 231 g/mol. The third kappa shape index (κ3) is 2.37. The monoisotopic (exact) mass is 230 g/mol. The molecule has 0 aliphatic heterocycles. The standard InChI is InChI=1S/C8H4Cl2N2O2/c9-7(13)5-3-1-2-4-6(5)8(14)11-12-10/h1-4H. The van der Waals surface area contributed by atoms with E-state index in [0.717, 1.165) is 0 Å². The zero-order valence-electron chi connectivity index (χ0n) is 6.78. The molecule has 0 N–H and O–H groups in total. The number of hydrogen-bond acceptors (Lipinski definition) is 3. The summed E-state index contributed by atoms with van der Waals surface area (Å²) in [5.41, 5.74) is 0.167. The second-order valence-corrected chi connectivity index (χ2v) is 2.79. The third-order valence-electron chi connectivity index (χ3n) is 1.50. The summed E-state index contributed by atoms with van der Waals surface area (Å²) in [6, 6.07) is 6.01. The van der Waals surface area contributed by atoms with Crippen LogP contribution in [-0.2, 0) is 0 Å². The van der Waals surface area contributed by atoms with E-state index in [-0.39, 0.29) is 11.1 Å². The van der Waals surface area contributed by atoms with Crippen molar-refractivity contribution in [3.8, 4) is 0 Å². The second kappa shape index (κ2) is 4.83. The molecule has 0 aromatic heterocycles. The van der Waals surface area contributed by atoms with Crippen LogP contribution in [0.15, 0.2) is 34.0 Å². The Morgan fingerprint density at radius 2 is 1.71 bits per heavy atom. The SMILES string of the molecule is O=C(Cl)c1ccccc1C(=O)N=NCl. The summed E-state index contributed by atoms with van der Waals surface area (Å²) in [7, 11) is 0. The van der Waals surface area contributed by atoms with Gasteiger partial charge >= 0.3 is 0 Å². The summed E-state index contributed by atoms with van der Waals surface area (Å²) >= 11 is 10.2. The molecule has 1 rings (SSSR count). The van der Waals surface area contributed by atoms with Gasteiger partial charge in [-0.3, -0.25) is 9.59 Å². The first-order valence-electron chi connectivity index (χ1n) is 3.52. The van der Waals surface area contributed by atoms with E-state index in [9.17, 15) is 9.59 Å². The summed E-state index contributed by atoms with van der Waals surface area (Å²) in [5.74, 6) is -0.704. The Morgan fingerprint density at radius 3 is 2.21 bits per heavy atom. The Morgan fingerprint density at radius 1 is 1.14 bits per heavy atom. The number of hydrogen-bond donors (Lipinski definition) is 0. The van der Waals surface area contributed by atoms with Crippen LogP contribution < -0.4 is 0 Å². The highest BCUT2D eigenvalue weighted by molar-refractivity contribution is 6.68. The topological polar surface area (TPSA) is 58.9 Å². The van der Waals surface area contributed by atoms with Crippen molar-refractivity contribution in [3.05, 3.63) is 35.4 Å². The number of carbonyl (C=O) groups is 2. The molecule has 0 unspecified atom stereocenters. The fourth-order valence-corrected chi connectivity index (χ4v) is 1.16. The van der Waals surface area contributed by atoms with Gasteiger partial charge in [-0.2, -0.15) is 0 Å². The average Bonchev–Trinajstić information content (AvgIpc) is 2.18. The lowest BCUT2D eigenvalue weighted by Crippen LogP contribution is -2.02. The van der Waals surface area contributed by atoms with Crippen molar-refractivity contribution >= 4 is 34.5 Å². The van der Waals surface area contributed by atoms with E-state index in [1.165, 1.54) is 12.1 Å². The Kier molecular flexibility index (Phi) is 3.73. The highest BCUT2D eigenvalue weighted by Gasteiger charge is 2.14. The number of nitrogens with zero attached hydrogens (tertiary/aromatic N) is 2. The van der Waals surface area contributed by atoms with Crippen LogP contribution in [0.2, 0.25) is 0 Å². The van der Waals surface area contributed by atoms with Crippen molar-refractivity contribution < 1.29 is 9.59 Å². The van der Waals surface area contributed by atoms with Crippen LogP contribution in [0.25, 0.3) is 0 Å². The lowest BCUT2D eigenvalue weighted by atomic mass is 10.1. The summed E-state index contributed by atoms with van der Waals surface area (Å²) in [4.78, 5) is 22.1. The van der Waals surface area contributed by atoms with Crippen molar-refractivity contribution in [1.29, 1.82) is 0 Å². The molecule has 0 heterocycles. The summed E-state index contributed by atoms with van der Waals surface area (Å²) in [6.07, 6.45) is 0. The quantitative estimate of drug-likeness (QED) is 0.580. The molecule has 0 radical (unpaired) electrons. The smallest absolute Gasteiger partial charge is 0.276 e. The maximum atomic E-state index is 11.2. The number of benzene rings is 1. The normalized spacial score (nSPS) is 10.4. The molecular formula is C8H4Cl2N2O2. The first kappa shape index (κ1) is 10.8. The van der Waals surface area contributed by atoms with Crippen molar-refractivity contribution in [2.24, 2.45) is 9.75 Å². The van der Waals surface area contributed by atoms with Crippen LogP contribution in [0.1, 0.15) is 20.7 Å². The molecule has 0 spiro atoms. The zero-order valence-corrected chi connectivity index (χ0v) is 8.29. The van der Waals surface area contributed by atoms with E-state index in [1.54, 1.807) is 12.1 Å². The minimum absolute atomic E-state index is 0.0805. The number of carbonyl (C=O) groups excluding carboxylic acids is 2. The molecule has 1 aromatic carbocycles. The summed E-state index contributed by atoms with van der Waals surface area (Å²) in [5, 5.41) is 2.36. The molecule has 0 atom stereocenters. The van der Waals surface area contributed by atoms with E-state index in [2.05, 4.69) is 9.75 Å². The number of amides is 1. The first-order chi connectivity index (χ1) is 6.66. The van der Waals surface area contributed by atoms with E-state index >= 15 is 0 Å². The first-order valence-corrected chi connectivity index (χ1v) is 4.23. The highest BCUT2D eigenvalue weighted by atomic mass is 35.5. The molecule has 0 bridgehead atoms. The molecule has 0 saturated heterocycles. The molecule has 1 amide bonds. The largest absolute Gasteiger partial charge is 0.297 e. The van der Waals surface area contributed by atoms with Crippen LogP contribution in [0.4, 0.5) is 0 Å². The molecule has 72 valence electrons. The minimum atomic E-state index is -0.723. The van der Waals surface area contributed by atoms with E-state index in [4.69, 9.17) is 23.4 Å². The van der Waals surface area contributed by atoms with Crippen LogP contribution >= 0.6 is 23.4 Å². The molecular weight excluding hydrogens is 227 g/mol. The maximum absolute atomic E-state index is 11.2. The molecule has 0 saturated carbocycles. The Bertz CT molecular complexity index is 404. The van der Waals surface area contributed by atoms with Gasteiger partial charge in [-0.05, 0) is 23.7 Å². The van der Waals surface area contributed by atoms with Crippen LogP contribution in [-0.4, -0.2) is 11.1 Å². The van der Waals surface area contributed by atoms with Crippen molar-refractivity contribution in [2.75, 3.05) is 0 Å². The Hall–Kier alpha value is -1.26. The van der Waals surface area contributed by atoms with E-state index < -0.39 is 11.1 Å². The van der Waals surface area contributed by atoms with Crippen LogP contribution in [0.5, 0.6) is 0 Å². The summed E-state index contributed by atoms with van der Waals surface area (Å²) in [6.45, 7) is 0. The van der Waals surface area contributed by atoms with Crippen LogP contribution in [0, 0.1) is 0 Å². The van der Waals surface area contributed by atoms with Gasteiger partial charge in [-0.25, -0.2) is 0 Å². The Balaban J connectivity index is 3.20. The molecule has 0 aliphatic carbocycles. The maximum Gasteiger partial charge on any atom is 0.297 e. The minimum Gasteiger partial charge on any atom is -0.276 e. The fraction of sp³-hybridized carbons (Fsp3) is 0.